The average molecular weight is 681 g/mol. The first-order valence-electron chi connectivity index (χ1n) is 17.7. The highest BCUT2D eigenvalue weighted by Crippen LogP contribution is 2.38. The molecule has 2 aromatic heterocycles. The van der Waals surface area contributed by atoms with E-state index in [0.717, 1.165) is 39.4 Å². The number of fused-ring (bicyclic) bond motifs is 4. The molecule has 0 saturated carbocycles. The summed E-state index contributed by atoms with van der Waals surface area (Å²) in [7, 11) is 0. The summed E-state index contributed by atoms with van der Waals surface area (Å²) < 4.78 is 8.11. The second-order valence-corrected chi connectivity index (χ2v) is 13.2. The van der Waals surface area contributed by atoms with Crippen molar-refractivity contribution in [3.8, 4) is 39.7 Å². The molecule has 0 spiro atoms. The third-order valence-electron chi connectivity index (χ3n) is 9.98. The molecule has 0 aliphatic carbocycles. The lowest BCUT2D eigenvalue weighted by atomic mass is 10.0. The van der Waals surface area contributed by atoms with Crippen LogP contribution in [0.5, 0.6) is 0 Å². The molecule has 0 aliphatic rings. The number of para-hydroxylation sites is 3. The maximum atomic E-state index is 5.77. The molecule has 0 bridgehead atoms. The predicted molar refractivity (Wildman–Crippen MR) is 217 cm³/mol. The molecule has 53 heavy (non-hydrogen) atoms. The molecule has 10 rings (SSSR count). The van der Waals surface area contributed by atoms with Crippen LogP contribution in [0.25, 0.3) is 72.2 Å². The first-order valence-corrected chi connectivity index (χ1v) is 17.7. The van der Waals surface area contributed by atoms with Crippen LogP contribution in [0.2, 0.25) is 0 Å². The monoisotopic (exact) mass is 680 g/mol. The van der Waals surface area contributed by atoms with Gasteiger partial charge >= 0.3 is 0 Å². The highest BCUT2D eigenvalue weighted by molar-refractivity contribution is 6.09. The van der Waals surface area contributed by atoms with Crippen molar-refractivity contribution in [3.05, 3.63) is 194 Å². The highest BCUT2D eigenvalue weighted by Gasteiger charge is 2.17. The fraction of sp³-hybridized carbons (Fsp3) is 0. The van der Waals surface area contributed by atoms with E-state index >= 15 is 0 Å². The van der Waals surface area contributed by atoms with E-state index in [9.17, 15) is 0 Å². The molecule has 8 aromatic carbocycles. The van der Waals surface area contributed by atoms with Gasteiger partial charge in [0, 0.05) is 44.6 Å². The molecule has 0 atom stereocenters. The van der Waals surface area contributed by atoms with Crippen molar-refractivity contribution >= 4 is 49.6 Å². The topological polar surface area (TPSA) is 47.1 Å². The molecule has 0 amide bonds. The zero-order valence-electron chi connectivity index (χ0n) is 28.7. The second kappa shape index (κ2) is 12.8. The van der Waals surface area contributed by atoms with E-state index < -0.39 is 0 Å². The third kappa shape index (κ3) is 5.52. The Balaban J connectivity index is 0.933. The summed E-state index contributed by atoms with van der Waals surface area (Å²) in [6.45, 7) is 0. The summed E-state index contributed by atoms with van der Waals surface area (Å²) in [5, 5.41) is 9.29. The Hall–Kier alpha value is -7.24. The van der Waals surface area contributed by atoms with Crippen molar-refractivity contribution in [2.24, 2.45) is 0 Å². The molecule has 250 valence electrons. The average Bonchev–Trinajstić information content (AvgIpc) is 3.86. The minimum atomic E-state index is 0.479. The van der Waals surface area contributed by atoms with Gasteiger partial charge in [-0.25, -0.2) is 0 Å². The summed E-state index contributed by atoms with van der Waals surface area (Å²) in [5.74, 6) is 1.04. The Kier molecular flexibility index (Phi) is 7.40. The number of nitrogens with zero attached hydrogens (tertiary/aromatic N) is 4. The van der Waals surface area contributed by atoms with E-state index in [1.165, 1.54) is 38.1 Å². The molecule has 5 heteroatoms. The van der Waals surface area contributed by atoms with E-state index in [4.69, 9.17) is 9.51 Å². The van der Waals surface area contributed by atoms with E-state index in [0.29, 0.717) is 11.7 Å². The van der Waals surface area contributed by atoms with E-state index in [1.54, 1.807) is 0 Å². The van der Waals surface area contributed by atoms with Crippen LogP contribution in [0.15, 0.2) is 199 Å². The van der Waals surface area contributed by atoms with Crippen LogP contribution in [-0.2, 0) is 0 Å². The second-order valence-electron chi connectivity index (χ2n) is 13.2. The summed E-state index contributed by atoms with van der Waals surface area (Å²) in [6.07, 6.45) is 0. The fourth-order valence-electron chi connectivity index (χ4n) is 7.37. The molecular formula is C48H32N4O. The van der Waals surface area contributed by atoms with Gasteiger partial charge in [-0.15, -0.1) is 0 Å². The van der Waals surface area contributed by atoms with Crippen molar-refractivity contribution < 1.29 is 4.52 Å². The standard InChI is InChI=1S/C48H32N4O/c1-2-12-39(13-3-1)51(41-28-30-42(31-29-41)52-45-16-8-6-14-43(45)44-15-7-9-17-46(44)52)40-26-24-36(25-27-40)48-49-47(50-53-48)35-21-18-34(19-22-35)38-23-20-33-10-4-5-11-37(33)32-38/h1-32H. The molecule has 0 fully saturated rings. The summed E-state index contributed by atoms with van der Waals surface area (Å²) in [6, 6.07) is 68.0. The molecule has 0 saturated heterocycles. The van der Waals surface area contributed by atoms with Crippen molar-refractivity contribution in [1.82, 2.24) is 14.7 Å². The minimum absolute atomic E-state index is 0.479. The summed E-state index contributed by atoms with van der Waals surface area (Å²) in [5.41, 5.74) is 10.7. The Bertz CT molecular complexity index is 2820. The van der Waals surface area contributed by atoms with E-state index in [2.05, 4.69) is 178 Å². The Morgan fingerprint density at radius 3 is 1.64 bits per heavy atom. The van der Waals surface area contributed by atoms with E-state index in [1.807, 2.05) is 30.3 Å². The molecule has 0 N–H and O–H groups in total. The Labute approximate surface area is 306 Å². The molecule has 0 aliphatic heterocycles. The van der Waals surface area contributed by atoms with E-state index in [-0.39, 0.29) is 0 Å². The van der Waals surface area contributed by atoms with Gasteiger partial charge in [-0.1, -0.05) is 120 Å². The third-order valence-corrected chi connectivity index (χ3v) is 9.98. The first kappa shape index (κ1) is 30.6. The van der Waals surface area contributed by atoms with Crippen LogP contribution in [0.3, 0.4) is 0 Å². The summed E-state index contributed by atoms with van der Waals surface area (Å²) >= 11 is 0. The van der Waals surface area contributed by atoms with Crippen LogP contribution in [-0.4, -0.2) is 14.7 Å². The maximum Gasteiger partial charge on any atom is 0.258 e. The number of aromatic nitrogens is 3. The van der Waals surface area contributed by atoms with Crippen molar-refractivity contribution in [1.29, 1.82) is 0 Å². The largest absolute Gasteiger partial charge is 0.334 e. The van der Waals surface area contributed by atoms with Crippen LogP contribution in [0.4, 0.5) is 17.1 Å². The van der Waals surface area contributed by atoms with Crippen LogP contribution in [0.1, 0.15) is 0 Å². The van der Waals surface area contributed by atoms with Gasteiger partial charge in [0.15, 0.2) is 0 Å². The molecule has 0 unspecified atom stereocenters. The normalized spacial score (nSPS) is 11.4. The van der Waals surface area contributed by atoms with Crippen molar-refractivity contribution in [2.75, 3.05) is 4.90 Å². The van der Waals surface area contributed by atoms with Crippen LogP contribution < -0.4 is 4.90 Å². The minimum Gasteiger partial charge on any atom is -0.334 e. The first-order chi connectivity index (χ1) is 26.3. The lowest BCUT2D eigenvalue weighted by Gasteiger charge is -2.26. The highest BCUT2D eigenvalue weighted by atomic mass is 16.5. The van der Waals surface area contributed by atoms with Gasteiger partial charge in [-0.3, -0.25) is 0 Å². The maximum absolute atomic E-state index is 5.77. The van der Waals surface area contributed by atoms with Crippen molar-refractivity contribution in [2.45, 2.75) is 0 Å². The van der Waals surface area contributed by atoms with Gasteiger partial charge in [0.1, 0.15) is 0 Å². The fourth-order valence-corrected chi connectivity index (χ4v) is 7.37. The number of benzene rings is 8. The molecule has 5 nitrogen and oxygen atoms in total. The number of hydrogen-bond donors (Lipinski definition) is 0. The molecule has 10 aromatic rings. The predicted octanol–water partition coefficient (Wildman–Crippen LogP) is 12.8. The van der Waals surface area contributed by atoms with Gasteiger partial charge in [0.25, 0.3) is 5.89 Å². The zero-order chi connectivity index (χ0) is 35.1. The van der Waals surface area contributed by atoms with Crippen molar-refractivity contribution in [3.63, 3.8) is 0 Å². The van der Waals surface area contributed by atoms with Gasteiger partial charge in [-0.05, 0) is 101 Å². The smallest absolute Gasteiger partial charge is 0.258 e. The molecular weight excluding hydrogens is 649 g/mol. The number of rotatable bonds is 7. The number of anilines is 3. The quantitative estimate of drug-likeness (QED) is 0.168. The lowest BCUT2D eigenvalue weighted by molar-refractivity contribution is 0.432. The van der Waals surface area contributed by atoms with Gasteiger partial charge < -0.3 is 14.0 Å². The Morgan fingerprint density at radius 2 is 0.943 bits per heavy atom. The van der Waals surface area contributed by atoms with Gasteiger partial charge in [-0.2, -0.15) is 4.98 Å². The van der Waals surface area contributed by atoms with Gasteiger partial charge in [0.2, 0.25) is 5.82 Å². The molecule has 0 radical (unpaired) electrons. The molecule has 2 heterocycles. The van der Waals surface area contributed by atoms with Crippen LogP contribution >= 0.6 is 0 Å². The van der Waals surface area contributed by atoms with Crippen LogP contribution in [0, 0.1) is 0 Å². The zero-order valence-corrected chi connectivity index (χ0v) is 28.7. The number of hydrogen-bond acceptors (Lipinski definition) is 4. The summed E-state index contributed by atoms with van der Waals surface area (Å²) in [4.78, 5) is 7.03. The lowest BCUT2D eigenvalue weighted by Crippen LogP contribution is -2.10. The SMILES string of the molecule is c1ccc(N(c2ccc(-c3nc(-c4ccc(-c5ccc6ccccc6c5)cc4)no3)cc2)c2ccc(-n3c4ccccc4c4ccccc43)cc2)cc1. The Morgan fingerprint density at radius 1 is 0.415 bits per heavy atom. The van der Waals surface area contributed by atoms with Gasteiger partial charge in [0.05, 0.1) is 11.0 Å².